The third-order valence-electron chi connectivity index (χ3n) is 3.77. The average molecular weight is 355 g/mol. The third kappa shape index (κ3) is 2.98. The minimum Gasteiger partial charge on any atom is -0.323 e. The molecule has 2 aromatic rings. The number of benzene rings is 2. The molecular formula is C14H15NO6P2. The van der Waals surface area contributed by atoms with Crippen LogP contribution in [0.25, 0.3) is 10.8 Å². The molecule has 4 N–H and O–H groups in total. The quantitative estimate of drug-likeness (QED) is 0.605. The molecule has 0 aromatic heterocycles. The summed E-state index contributed by atoms with van der Waals surface area (Å²) in [5, 5.41) is 9.69. The van der Waals surface area contributed by atoms with Gasteiger partial charge in [0, 0.05) is 6.42 Å². The molecule has 0 spiro atoms. The lowest BCUT2D eigenvalue weighted by molar-refractivity contribution is 0.304. The van der Waals surface area contributed by atoms with Crippen molar-refractivity contribution in [3.05, 3.63) is 48.0 Å². The number of nitriles is 1. The molecule has 2 aromatic carbocycles. The summed E-state index contributed by atoms with van der Waals surface area (Å²) in [5.41, 5.74) is -0.146. The maximum atomic E-state index is 12.1. The summed E-state index contributed by atoms with van der Waals surface area (Å²) in [6.07, 6.45) is -1.05. The van der Waals surface area contributed by atoms with Gasteiger partial charge in [-0.15, -0.1) is 0 Å². The Balaban J connectivity index is 2.93. The Morgan fingerprint density at radius 2 is 1.52 bits per heavy atom. The third-order valence-corrected chi connectivity index (χ3v) is 8.19. The van der Waals surface area contributed by atoms with E-state index in [2.05, 4.69) is 0 Å². The maximum absolute atomic E-state index is 12.1. The van der Waals surface area contributed by atoms with Crippen LogP contribution in [0.15, 0.2) is 42.5 Å². The van der Waals surface area contributed by atoms with Crippen molar-refractivity contribution in [2.45, 2.75) is 17.7 Å². The molecule has 0 amide bonds. The number of hydrogen-bond acceptors (Lipinski definition) is 3. The van der Waals surface area contributed by atoms with Gasteiger partial charge < -0.3 is 19.6 Å². The summed E-state index contributed by atoms with van der Waals surface area (Å²) in [7, 11) is -10.6. The van der Waals surface area contributed by atoms with Gasteiger partial charge in [0.05, 0.1) is 6.07 Å². The van der Waals surface area contributed by atoms with Gasteiger partial charge in [0.1, 0.15) is 0 Å². The van der Waals surface area contributed by atoms with Crippen LogP contribution < -0.4 is 0 Å². The second-order valence-corrected chi connectivity index (χ2v) is 9.15. The van der Waals surface area contributed by atoms with Crippen LogP contribution in [0.2, 0.25) is 0 Å². The SMILES string of the molecule is N#CCCC(c1cccc2ccccc12)(P(=O)(O)O)P(=O)(O)O. The van der Waals surface area contributed by atoms with Gasteiger partial charge in [0.25, 0.3) is 0 Å². The zero-order valence-corrected chi connectivity index (χ0v) is 13.7. The Bertz CT molecular complexity index is 836. The van der Waals surface area contributed by atoms with E-state index in [0.29, 0.717) is 10.8 Å². The van der Waals surface area contributed by atoms with E-state index < -0.39 is 32.9 Å². The predicted octanol–water partition coefficient (Wildman–Crippen LogP) is 2.65. The molecule has 0 fully saturated rings. The molecule has 0 radical (unpaired) electrons. The van der Waals surface area contributed by atoms with Gasteiger partial charge >= 0.3 is 15.2 Å². The first-order valence-electron chi connectivity index (χ1n) is 6.61. The lowest BCUT2D eigenvalue weighted by Gasteiger charge is -2.35. The second-order valence-electron chi connectivity index (χ2n) is 5.09. The Hall–Kier alpha value is -1.51. The van der Waals surface area contributed by atoms with Crippen LogP contribution in [0.4, 0.5) is 0 Å². The van der Waals surface area contributed by atoms with Crippen molar-refractivity contribution in [3.8, 4) is 6.07 Å². The van der Waals surface area contributed by atoms with Gasteiger partial charge in [0.2, 0.25) is 0 Å². The van der Waals surface area contributed by atoms with Crippen LogP contribution in [0.1, 0.15) is 18.4 Å². The standard InChI is InChI=1S/C14H15NO6P2/c15-10-4-9-14(22(16,17)18,23(19,20)21)13-8-3-6-11-5-1-2-7-12(11)13/h1-3,5-8H,4,9H2,(H2,16,17,18)(H2,19,20,21). The van der Waals surface area contributed by atoms with E-state index >= 15 is 0 Å². The number of fused-ring (bicyclic) bond motifs is 1. The first kappa shape index (κ1) is 17.8. The fraction of sp³-hybridized carbons (Fsp3) is 0.214. The molecule has 0 bridgehead atoms. The first-order valence-corrected chi connectivity index (χ1v) is 9.84. The minimum atomic E-state index is -5.30. The molecule has 0 aliphatic carbocycles. The molecule has 9 heteroatoms. The van der Waals surface area contributed by atoms with E-state index in [1.807, 2.05) is 0 Å². The van der Waals surface area contributed by atoms with Crippen LogP contribution >= 0.6 is 15.2 Å². The van der Waals surface area contributed by atoms with E-state index in [1.165, 1.54) is 18.2 Å². The van der Waals surface area contributed by atoms with Crippen molar-refractivity contribution in [1.29, 1.82) is 5.26 Å². The van der Waals surface area contributed by atoms with E-state index in [4.69, 9.17) is 5.26 Å². The predicted molar refractivity (Wildman–Crippen MR) is 84.6 cm³/mol. The highest BCUT2D eigenvalue weighted by molar-refractivity contribution is 7.71. The summed E-state index contributed by atoms with van der Waals surface area (Å²) in [6.45, 7) is 0. The van der Waals surface area contributed by atoms with Crippen molar-refractivity contribution in [1.82, 2.24) is 0 Å². The van der Waals surface area contributed by atoms with Gasteiger partial charge in [0.15, 0.2) is 4.90 Å². The highest BCUT2D eigenvalue weighted by atomic mass is 31.2. The Kier molecular flexibility index (Phi) is 4.79. The van der Waals surface area contributed by atoms with Gasteiger partial charge in [-0.2, -0.15) is 5.26 Å². The summed E-state index contributed by atoms with van der Waals surface area (Å²) in [5.74, 6) is 0. The molecule has 0 heterocycles. The molecule has 0 aliphatic rings. The maximum Gasteiger partial charge on any atom is 0.348 e. The highest BCUT2D eigenvalue weighted by Gasteiger charge is 2.61. The molecule has 0 saturated heterocycles. The van der Waals surface area contributed by atoms with Gasteiger partial charge in [-0.25, -0.2) is 0 Å². The van der Waals surface area contributed by atoms with E-state index in [0.717, 1.165) is 0 Å². The molecule has 0 atom stereocenters. The van der Waals surface area contributed by atoms with E-state index in [9.17, 15) is 28.7 Å². The molecule has 0 unspecified atom stereocenters. The average Bonchev–Trinajstić information content (AvgIpc) is 2.45. The molecule has 23 heavy (non-hydrogen) atoms. The molecule has 7 nitrogen and oxygen atoms in total. The largest absolute Gasteiger partial charge is 0.348 e. The highest BCUT2D eigenvalue weighted by Crippen LogP contribution is 2.76. The first-order chi connectivity index (χ1) is 10.6. The van der Waals surface area contributed by atoms with Crippen LogP contribution in [-0.4, -0.2) is 19.6 Å². The summed E-state index contributed by atoms with van der Waals surface area (Å²) in [6, 6.07) is 12.7. The van der Waals surface area contributed by atoms with Gasteiger partial charge in [-0.1, -0.05) is 42.5 Å². The lowest BCUT2D eigenvalue weighted by Crippen LogP contribution is -2.27. The van der Waals surface area contributed by atoms with Gasteiger partial charge in [-0.05, 0) is 22.8 Å². The number of nitrogens with zero attached hydrogens (tertiary/aromatic N) is 1. The fourth-order valence-electron chi connectivity index (χ4n) is 2.71. The van der Waals surface area contributed by atoms with Crippen LogP contribution in [0.3, 0.4) is 0 Å². The molecule has 0 saturated carbocycles. The van der Waals surface area contributed by atoms with E-state index in [1.54, 1.807) is 30.3 Å². The van der Waals surface area contributed by atoms with Crippen molar-refractivity contribution < 1.29 is 28.7 Å². The Labute approximate surface area is 132 Å². The monoisotopic (exact) mass is 355 g/mol. The normalized spacial score (nSPS) is 13.0. The zero-order chi connectivity index (χ0) is 17.3. The van der Waals surface area contributed by atoms with Crippen LogP contribution in [0.5, 0.6) is 0 Å². The number of hydrogen-bond donors (Lipinski definition) is 4. The lowest BCUT2D eigenvalue weighted by atomic mass is 9.99. The number of rotatable bonds is 5. The summed E-state index contributed by atoms with van der Waals surface area (Å²) in [4.78, 5) is 36.5. The van der Waals surface area contributed by atoms with Crippen molar-refractivity contribution in [2.24, 2.45) is 0 Å². The fourth-order valence-corrected chi connectivity index (χ4v) is 5.90. The Morgan fingerprint density at radius 3 is 2.09 bits per heavy atom. The van der Waals surface area contributed by atoms with Crippen molar-refractivity contribution in [3.63, 3.8) is 0 Å². The smallest absolute Gasteiger partial charge is 0.323 e. The van der Waals surface area contributed by atoms with Crippen molar-refractivity contribution in [2.75, 3.05) is 0 Å². The van der Waals surface area contributed by atoms with Crippen LogP contribution in [0, 0.1) is 11.3 Å². The van der Waals surface area contributed by atoms with E-state index in [-0.39, 0.29) is 5.56 Å². The summed E-state index contributed by atoms with van der Waals surface area (Å²) < 4.78 is 24.3. The Morgan fingerprint density at radius 1 is 0.957 bits per heavy atom. The molecule has 122 valence electrons. The second kappa shape index (κ2) is 6.18. The van der Waals surface area contributed by atoms with Crippen molar-refractivity contribution >= 4 is 26.0 Å². The molecular weight excluding hydrogens is 340 g/mol. The van der Waals surface area contributed by atoms with Gasteiger partial charge in [-0.3, -0.25) is 9.13 Å². The molecule has 0 aliphatic heterocycles. The summed E-state index contributed by atoms with van der Waals surface area (Å²) >= 11 is 0. The zero-order valence-electron chi connectivity index (χ0n) is 11.9. The topological polar surface area (TPSA) is 139 Å². The minimum absolute atomic E-state index is 0.146. The molecule has 2 rings (SSSR count). The van der Waals surface area contributed by atoms with Crippen LogP contribution in [-0.2, 0) is 14.0 Å².